The van der Waals surface area contributed by atoms with Crippen LogP contribution in [0.2, 0.25) is 0 Å². The first-order chi connectivity index (χ1) is 8.58. The summed E-state index contributed by atoms with van der Waals surface area (Å²) in [6.07, 6.45) is 0. The lowest BCUT2D eigenvalue weighted by atomic mass is 10.2. The van der Waals surface area contributed by atoms with Crippen molar-refractivity contribution < 1.29 is 14.3 Å². The highest BCUT2D eigenvalue weighted by Crippen LogP contribution is 2.33. The number of hydrogen-bond donors (Lipinski definition) is 1. The molecule has 2 nitrogen and oxygen atoms in total. The molecule has 0 amide bonds. The summed E-state index contributed by atoms with van der Waals surface area (Å²) in [6.45, 7) is 1.93. The molecule has 0 saturated heterocycles. The fourth-order valence-corrected chi connectivity index (χ4v) is 2.64. The van der Waals surface area contributed by atoms with Gasteiger partial charge in [-0.3, -0.25) is 0 Å². The molecule has 0 heterocycles. The van der Waals surface area contributed by atoms with E-state index in [0.717, 1.165) is 22.2 Å². The quantitative estimate of drug-likeness (QED) is 0.909. The van der Waals surface area contributed by atoms with Crippen LogP contribution < -0.4 is 0 Å². The van der Waals surface area contributed by atoms with Crippen LogP contribution in [0.1, 0.15) is 15.9 Å². The molecule has 2 rings (SSSR count). The van der Waals surface area contributed by atoms with Crippen LogP contribution in [0.3, 0.4) is 0 Å². The molecule has 1 N–H and O–H groups in total. The van der Waals surface area contributed by atoms with Crippen molar-refractivity contribution in [3.05, 3.63) is 59.4 Å². The Balaban J connectivity index is 2.42. The van der Waals surface area contributed by atoms with Gasteiger partial charge in [-0.1, -0.05) is 35.5 Å². The van der Waals surface area contributed by atoms with Gasteiger partial charge in [-0.05, 0) is 31.2 Å². The number of carboxylic acid groups (broad SMARTS) is 1. The van der Waals surface area contributed by atoms with Crippen LogP contribution in [0.15, 0.2) is 52.3 Å². The Hall–Kier alpha value is -1.81. The van der Waals surface area contributed by atoms with Gasteiger partial charge in [0.25, 0.3) is 0 Å². The van der Waals surface area contributed by atoms with Crippen molar-refractivity contribution in [1.29, 1.82) is 0 Å². The monoisotopic (exact) mass is 262 g/mol. The summed E-state index contributed by atoms with van der Waals surface area (Å²) in [4.78, 5) is 12.0. The summed E-state index contributed by atoms with van der Waals surface area (Å²) < 4.78 is 13.7. The predicted molar refractivity (Wildman–Crippen MR) is 68.7 cm³/mol. The second-order valence-electron chi connectivity index (χ2n) is 3.84. The lowest BCUT2D eigenvalue weighted by Crippen LogP contribution is -2.00. The summed E-state index contributed by atoms with van der Waals surface area (Å²) in [7, 11) is 0. The van der Waals surface area contributed by atoms with Crippen LogP contribution in [-0.4, -0.2) is 11.1 Å². The van der Waals surface area contributed by atoms with Crippen molar-refractivity contribution in [2.45, 2.75) is 16.7 Å². The van der Waals surface area contributed by atoms with E-state index in [-0.39, 0.29) is 10.5 Å². The molecule has 0 fully saturated rings. The second-order valence-corrected chi connectivity index (χ2v) is 4.92. The van der Waals surface area contributed by atoms with Crippen LogP contribution in [-0.2, 0) is 0 Å². The lowest BCUT2D eigenvalue weighted by Gasteiger charge is -2.07. The normalized spacial score (nSPS) is 10.3. The van der Waals surface area contributed by atoms with Crippen molar-refractivity contribution in [2.24, 2.45) is 0 Å². The van der Waals surface area contributed by atoms with Crippen molar-refractivity contribution in [3.63, 3.8) is 0 Å². The molecule has 0 saturated carbocycles. The Bertz CT molecular complexity index is 596. The molecule has 0 unspecified atom stereocenters. The number of halogens is 1. The molecule has 0 aliphatic carbocycles. The lowest BCUT2D eigenvalue weighted by molar-refractivity contribution is 0.0692. The average Bonchev–Trinajstić information content (AvgIpc) is 2.31. The molecular formula is C14H11FO2S. The molecule has 0 aliphatic heterocycles. The highest BCUT2D eigenvalue weighted by Gasteiger charge is 2.15. The van der Waals surface area contributed by atoms with Gasteiger partial charge in [0.2, 0.25) is 0 Å². The summed E-state index contributed by atoms with van der Waals surface area (Å²) in [5, 5.41) is 9.04. The van der Waals surface area contributed by atoms with Crippen molar-refractivity contribution in [2.75, 3.05) is 0 Å². The van der Waals surface area contributed by atoms with Gasteiger partial charge in [0.1, 0.15) is 5.82 Å². The van der Waals surface area contributed by atoms with E-state index < -0.39 is 11.8 Å². The smallest absolute Gasteiger partial charge is 0.336 e. The summed E-state index contributed by atoms with van der Waals surface area (Å²) in [5.41, 5.74) is 1.04. The maximum atomic E-state index is 13.7. The molecule has 4 heteroatoms. The topological polar surface area (TPSA) is 37.3 Å². The maximum Gasteiger partial charge on any atom is 0.336 e. The number of aryl methyl sites for hydroxylation is 1. The second kappa shape index (κ2) is 5.23. The van der Waals surface area contributed by atoms with E-state index in [4.69, 9.17) is 5.11 Å². The standard InChI is InChI=1S/C14H11FO2S/c1-9-4-2-5-10(8-9)18-13-11(14(16)17)6-3-7-12(13)15/h2-8H,1H3,(H,16,17). The zero-order valence-electron chi connectivity index (χ0n) is 9.68. The van der Waals surface area contributed by atoms with Crippen LogP contribution in [0.4, 0.5) is 4.39 Å². The van der Waals surface area contributed by atoms with E-state index in [1.54, 1.807) is 0 Å². The first kappa shape index (κ1) is 12.6. The maximum absolute atomic E-state index is 13.7. The highest BCUT2D eigenvalue weighted by molar-refractivity contribution is 7.99. The van der Waals surface area contributed by atoms with E-state index in [1.807, 2.05) is 31.2 Å². The number of rotatable bonds is 3. The highest BCUT2D eigenvalue weighted by atomic mass is 32.2. The Morgan fingerprint density at radius 3 is 2.61 bits per heavy atom. The van der Waals surface area contributed by atoms with E-state index in [9.17, 15) is 9.18 Å². The third-order valence-corrected chi connectivity index (χ3v) is 3.52. The Kier molecular flexibility index (Phi) is 3.67. The van der Waals surface area contributed by atoms with Gasteiger partial charge >= 0.3 is 5.97 Å². The third kappa shape index (κ3) is 2.71. The Morgan fingerprint density at radius 2 is 1.94 bits per heavy atom. The minimum absolute atomic E-state index is 0.0125. The van der Waals surface area contributed by atoms with Crippen LogP contribution in [0.25, 0.3) is 0 Å². The fourth-order valence-electron chi connectivity index (χ4n) is 1.58. The van der Waals surface area contributed by atoms with Crippen molar-refractivity contribution >= 4 is 17.7 Å². The molecule has 92 valence electrons. The predicted octanol–water partition coefficient (Wildman–Crippen LogP) is 3.98. The third-order valence-electron chi connectivity index (χ3n) is 2.41. The largest absolute Gasteiger partial charge is 0.478 e. The molecule has 0 aliphatic rings. The van der Waals surface area contributed by atoms with E-state index in [2.05, 4.69) is 0 Å². The summed E-state index contributed by atoms with van der Waals surface area (Å²) in [5.74, 6) is -1.63. The fraction of sp³-hybridized carbons (Fsp3) is 0.0714. The van der Waals surface area contributed by atoms with E-state index >= 15 is 0 Å². The van der Waals surface area contributed by atoms with Gasteiger partial charge in [0.05, 0.1) is 10.5 Å². The minimum atomic E-state index is -1.12. The molecule has 0 atom stereocenters. The first-order valence-corrected chi connectivity index (χ1v) is 6.16. The molecule has 0 bridgehead atoms. The summed E-state index contributed by atoms with van der Waals surface area (Å²) >= 11 is 1.13. The molecule has 2 aromatic rings. The minimum Gasteiger partial charge on any atom is -0.478 e. The van der Waals surface area contributed by atoms with Gasteiger partial charge in [-0.2, -0.15) is 0 Å². The number of carbonyl (C=O) groups is 1. The molecule has 0 spiro atoms. The van der Waals surface area contributed by atoms with Gasteiger partial charge in [-0.25, -0.2) is 9.18 Å². The van der Waals surface area contributed by atoms with E-state index in [0.29, 0.717) is 0 Å². The molecular weight excluding hydrogens is 251 g/mol. The SMILES string of the molecule is Cc1cccc(Sc2c(F)cccc2C(=O)O)c1. The summed E-state index contributed by atoms with van der Waals surface area (Å²) in [6, 6.07) is 11.6. The molecule has 2 aromatic carbocycles. The van der Waals surface area contributed by atoms with Gasteiger partial charge in [0.15, 0.2) is 0 Å². The Morgan fingerprint density at radius 1 is 1.22 bits per heavy atom. The average molecular weight is 262 g/mol. The molecule has 18 heavy (non-hydrogen) atoms. The molecule has 0 aromatic heterocycles. The van der Waals surface area contributed by atoms with Crippen LogP contribution in [0.5, 0.6) is 0 Å². The van der Waals surface area contributed by atoms with Crippen molar-refractivity contribution in [1.82, 2.24) is 0 Å². The Labute approximate surface area is 108 Å². The molecule has 0 radical (unpaired) electrons. The van der Waals surface area contributed by atoms with Crippen molar-refractivity contribution in [3.8, 4) is 0 Å². The number of benzene rings is 2. The number of hydrogen-bond acceptors (Lipinski definition) is 2. The van der Waals surface area contributed by atoms with Crippen LogP contribution in [0, 0.1) is 12.7 Å². The van der Waals surface area contributed by atoms with Crippen LogP contribution >= 0.6 is 11.8 Å². The first-order valence-electron chi connectivity index (χ1n) is 5.34. The van der Waals surface area contributed by atoms with E-state index in [1.165, 1.54) is 18.2 Å². The van der Waals surface area contributed by atoms with Gasteiger partial charge in [-0.15, -0.1) is 0 Å². The van der Waals surface area contributed by atoms with Gasteiger partial charge in [0, 0.05) is 4.90 Å². The zero-order chi connectivity index (χ0) is 13.1. The zero-order valence-corrected chi connectivity index (χ0v) is 10.5. The number of aromatic carboxylic acids is 1. The van der Waals surface area contributed by atoms with Gasteiger partial charge < -0.3 is 5.11 Å². The number of carboxylic acids is 1.